The molecule has 1 aliphatic rings. The molecule has 3 N–H and O–H groups in total. The Morgan fingerprint density at radius 3 is 2.39 bits per heavy atom. The second-order valence-corrected chi connectivity index (χ2v) is 5.41. The highest BCUT2D eigenvalue weighted by atomic mass is 19.4. The van der Waals surface area contributed by atoms with Crippen LogP contribution in [0.5, 0.6) is 0 Å². The maximum Gasteiger partial charge on any atom is 0.471 e. The standard InChI is InChI=1S/C13H19F3N2O5/c1-2-3-6-12(23,17-10(21)13(14,15)16)11(22)18-7-4-5-8(18)9(19)20/h8,23H,2-7H2,1H3,(H,17,21)(H,19,20)/t8-,12?/m0/s1. The molecule has 1 aliphatic heterocycles. The number of amides is 2. The molecule has 7 nitrogen and oxygen atoms in total. The number of hydrogen-bond acceptors (Lipinski definition) is 4. The number of nitrogens with zero attached hydrogens (tertiary/aromatic N) is 1. The molecule has 0 aliphatic carbocycles. The van der Waals surface area contributed by atoms with Crippen LogP contribution >= 0.6 is 0 Å². The summed E-state index contributed by atoms with van der Waals surface area (Å²) < 4.78 is 37.2. The van der Waals surface area contributed by atoms with Gasteiger partial charge in [0, 0.05) is 13.0 Å². The molecule has 1 saturated heterocycles. The van der Waals surface area contributed by atoms with Crippen LogP contribution in [0.2, 0.25) is 0 Å². The van der Waals surface area contributed by atoms with Crippen LogP contribution < -0.4 is 5.32 Å². The van der Waals surface area contributed by atoms with Crippen molar-refractivity contribution in [1.29, 1.82) is 0 Å². The number of alkyl halides is 3. The van der Waals surface area contributed by atoms with Crippen molar-refractivity contribution in [2.24, 2.45) is 0 Å². The lowest BCUT2D eigenvalue weighted by Gasteiger charge is -2.33. The van der Waals surface area contributed by atoms with Crippen molar-refractivity contribution in [2.45, 2.75) is 57.0 Å². The SMILES string of the molecule is CCCCC(O)(NC(=O)C(F)(F)F)C(=O)N1CCC[C@H]1C(=O)O. The molecule has 1 fully saturated rings. The maximum atomic E-state index is 12.4. The zero-order chi connectivity index (χ0) is 17.8. The first kappa shape index (κ1) is 19.2. The van der Waals surface area contributed by atoms with E-state index in [9.17, 15) is 32.7 Å². The maximum absolute atomic E-state index is 12.4. The number of nitrogens with one attached hydrogen (secondary N) is 1. The molecule has 2 atom stereocenters. The Kier molecular flexibility index (Phi) is 5.98. The minimum Gasteiger partial charge on any atom is -0.480 e. The summed E-state index contributed by atoms with van der Waals surface area (Å²) in [7, 11) is 0. The lowest BCUT2D eigenvalue weighted by molar-refractivity contribution is -0.186. The zero-order valence-corrected chi connectivity index (χ0v) is 12.5. The number of unbranched alkanes of at least 4 members (excludes halogenated alkanes) is 1. The Morgan fingerprint density at radius 1 is 1.30 bits per heavy atom. The molecule has 0 bridgehead atoms. The van der Waals surface area contributed by atoms with Crippen LogP contribution in [0, 0.1) is 0 Å². The van der Waals surface area contributed by atoms with Gasteiger partial charge in [-0.15, -0.1) is 0 Å². The van der Waals surface area contributed by atoms with Gasteiger partial charge in [-0.05, 0) is 19.3 Å². The lowest BCUT2D eigenvalue weighted by atomic mass is 10.0. The summed E-state index contributed by atoms with van der Waals surface area (Å²) in [6, 6.07) is -1.22. The second-order valence-electron chi connectivity index (χ2n) is 5.41. The first-order chi connectivity index (χ1) is 10.5. The minimum atomic E-state index is -5.27. The predicted molar refractivity (Wildman–Crippen MR) is 71.0 cm³/mol. The largest absolute Gasteiger partial charge is 0.480 e. The molecule has 2 amide bonds. The molecule has 0 aromatic rings. The predicted octanol–water partition coefficient (Wildman–Crippen LogP) is 0.619. The Hall–Kier alpha value is -1.84. The summed E-state index contributed by atoms with van der Waals surface area (Å²) in [4.78, 5) is 35.4. The lowest BCUT2D eigenvalue weighted by Crippen LogP contribution is -2.63. The minimum absolute atomic E-state index is 0.00781. The van der Waals surface area contributed by atoms with Gasteiger partial charge >= 0.3 is 18.1 Å². The number of aliphatic hydroxyl groups is 1. The van der Waals surface area contributed by atoms with Crippen LogP contribution in [0.3, 0.4) is 0 Å². The van der Waals surface area contributed by atoms with Gasteiger partial charge in [0.2, 0.25) is 5.72 Å². The van der Waals surface area contributed by atoms with Crippen LogP contribution in [0.4, 0.5) is 13.2 Å². The van der Waals surface area contributed by atoms with Gasteiger partial charge in [-0.3, -0.25) is 9.59 Å². The molecule has 0 aromatic carbocycles. The summed E-state index contributed by atoms with van der Waals surface area (Å²) in [6.45, 7) is 1.68. The van der Waals surface area contributed by atoms with E-state index < -0.39 is 42.1 Å². The van der Waals surface area contributed by atoms with Gasteiger partial charge in [0.15, 0.2) is 0 Å². The van der Waals surface area contributed by atoms with E-state index in [2.05, 4.69) is 0 Å². The van der Waals surface area contributed by atoms with E-state index in [-0.39, 0.29) is 19.4 Å². The monoisotopic (exact) mass is 340 g/mol. The van der Waals surface area contributed by atoms with E-state index in [4.69, 9.17) is 5.11 Å². The number of carbonyl (C=O) groups excluding carboxylic acids is 2. The van der Waals surface area contributed by atoms with Crippen molar-refractivity contribution >= 4 is 17.8 Å². The number of carboxylic acids is 1. The molecule has 0 radical (unpaired) electrons. The van der Waals surface area contributed by atoms with Crippen LogP contribution in [0.25, 0.3) is 0 Å². The molecule has 0 spiro atoms. The van der Waals surface area contributed by atoms with E-state index in [1.807, 2.05) is 0 Å². The molecular weight excluding hydrogens is 321 g/mol. The number of aliphatic carboxylic acids is 1. The van der Waals surface area contributed by atoms with Crippen molar-refractivity contribution < 1.29 is 37.8 Å². The molecule has 1 rings (SSSR count). The average molecular weight is 340 g/mol. The van der Waals surface area contributed by atoms with Crippen LogP contribution in [-0.2, 0) is 14.4 Å². The first-order valence-electron chi connectivity index (χ1n) is 7.18. The highest BCUT2D eigenvalue weighted by molar-refractivity contribution is 5.94. The van der Waals surface area contributed by atoms with Gasteiger partial charge in [0.05, 0.1) is 0 Å². The molecular formula is C13H19F3N2O5. The summed E-state index contributed by atoms with van der Waals surface area (Å²) in [5.41, 5.74) is -2.78. The van der Waals surface area contributed by atoms with E-state index in [1.54, 1.807) is 6.92 Å². The summed E-state index contributed by atoms with van der Waals surface area (Å²) in [5, 5.41) is 20.6. The van der Waals surface area contributed by atoms with Crippen molar-refractivity contribution in [3.05, 3.63) is 0 Å². The normalized spacial score (nSPS) is 20.9. The number of carbonyl (C=O) groups is 3. The fourth-order valence-electron chi connectivity index (χ4n) is 2.42. The smallest absolute Gasteiger partial charge is 0.471 e. The van der Waals surface area contributed by atoms with E-state index >= 15 is 0 Å². The van der Waals surface area contributed by atoms with Gasteiger partial charge in [-0.25, -0.2) is 4.79 Å². The third-order valence-corrected chi connectivity index (χ3v) is 3.62. The fraction of sp³-hybridized carbons (Fsp3) is 0.769. The third-order valence-electron chi connectivity index (χ3n) is 3.62. The van der Waals surface area contributed by atoms with Gasteiger partial charge in [-0.1, -0.05) is 13.3 Å². The highest BCUT2D eigenvalue weighted by Gasteiger charge is 2.49. The number of rotatable bonds is 6. The van der Waals surface area contributed by atoms with Gasteiger partial charge in [0.1, 0.15) is 6.04 Å². The molecule has 132 valence electrons. The van der Waals surface area contributed by atoms with Crippen molar-refractivity contribution in [1.82, 2.24) is 10.2 Å². The van der Waals surface area contributed by atoms with Crippen molar-refractivity contribution in [3.63, 3.8) is 0 Å². The molecule has 1 unspecified atom stereocenters. The van der Waals surface area contributed by atoms with E-state index in [1.165, 1.54) is 5.32 Å². The van der Waals surface area contributed by atoms with Gasteiger partial charge < -0.3 is 20.4 Å². The first-order valence-corrected chi connectivity index (χ1v) is 7.18. The molecule has 0 saturated carbocycles. The van der Waals surface area contributed by atoms with Gasteiger partial charge in [0.25, 0.3) is 5.91 Å². The van der Waals surface area contributed by atoms with Gasteiger partial charge in [-0.2, -0.15) is 13.2 Å². The summed E-state index contributed by atoms with van der Waals surface area (Å²) in [6.07, 6.45) is -4.59. The Morgan fingerprint density at radius 2 is 1.91 bits per heavy atom. The second kappa shape index (κ2) is 7.16. The average Bonchev–Trinajstić information content (AvgIpc) is 2.92. The number of hydrogen-bond donors (Lipinski definition) is 3. The quantitative estimate of drug-likeness (QED) is 0.615. The summed E-state index contributed by atoms with van der Waals surface area (Å²) in [5.74, 6) is -4.99. The van der Waals surface area contributed by atoms with Crippen LogP contribution in [0.15, 0.2) is 0 Å². The topological polar surface area (TPSA) is 107 Å². The zero-order valence-electron chi connectivity index (χ0n) is 12.5. The Labute approximate surface area is 130 Å². The fourth-order valence-corrected chi connectivity index (χ4v) is 2.42. The summed E-state index contributed by atoms with van der Waals surface area (Å²) >= 11 is 0. The Balaban J connectivity index is 3.01. The number of carboxylic acid groups (broad SMARTS) is 1. The van der Waals surface area contributed by atoms with E-state index in [0.29, 0.717) is 12.8 Å². The molecule has 0 aromatic heterocycles. The number of likely N-dealkylation sites (tertiary alicyclic amines) is 1. The van der Waals surface area contributed by atoms with Crippen LogP contribution in [0.1, 0.15) is 39.0 Å². The molecule has 1 heterocycles. The Bertz CT molecular complexity index is 483. The molecule has 23 heavy (non-hydrogen) atoms. The van der Waals surface area contributed by atoms with Crippen molar-refractivity contribution in [2.75, 3.05) is 6.54 Å². The van der Waals surface area contributed by atoms with Crippen molar-refractivity contribution in [3.8, 4) is 0 Å². The van der Waals surface area contributed by atoms with Crippen LogP contribution in [-0.4, -0.2) is 57.4 Å². The highest BCUT2D eigenvalue weighted by Crippen LogP contribution is 2.25. The van der Waals surface area contributed by atoms with E-state index in [0.717, 1.165) is 4.90 Å². The number of halogens is 3. The third kappa shape index (κ3) is 4.57. The molecule has 10 heteroatoms.